The lowest BCUT2D eigenvalue weighted by atomic mass is 10.2. The average Bonchev–Trinajstić information content (AvgIpc) is 3.04. The lowest BCUT2D eigenvalue weighted by Crippen LogP contribution is -2.52. The highest BCUT2D eigenvalue weighted by Crippen LogP contribution is 2.04. The Bertz CT molecular complexity index is 443. The van der Waals surface area contributed by atoms with Crippen LogP contribution >= 0.6 is 24.0 Å². The predicted molar refractivity (Wildman–Crippen MR) is 105 cm³/mol. The molecule has 0 aromatic carbocycles. The molecule has 2 N–H and O–H groups in total. The van der Waals surface area contributed by atoms with Crippen molar-refractivity contribution in [1.82, 2.24) is 20.4 Å². The van der Waals surface area contributed by atoms with E-state index in [2.05, 4.69) is 46.3 Å². The topological polar surface area (TPSA) is 56.0 Å². The van der Waals surface area contributed by atoms with Crippen LogP contribution in [-0.4, -0.2) is 68.1 Å². The average molecular weight is 435 g/mol. The van der Waals surface area contributed by atoms with Crippen LogP contribution in [0.15, 0.2) is 27.8 Å². The van der Waals surface area contributed by atoms with E-state index in [1.54, 1.807) is 6.26 Å². The molecule has 0 amide bonds. The number of rotatable bonds is 6. The van der Waals surface area contributed by atoms with Gasteiger partial charge >= 0.3 is 0 Å². The summed E-state index contributed by atoms with van der Waals surface area (Å²) in [5, 5.41) is 6.71. The summed E-state index contributed by atoms with van der Waals surface area (Å²) in [6.07, 6.45) is 1.68. The fraction of sp³-hybridized carbons (Fsp3) is 0.688. The van der Waals surface area contributed by atoms with Crippen molar-refractivity contribution < 1.29 is 4.42 Å². The van der Waals surface area contributed by atoms with Crippen molar-refractivity contribution in [3.05, 3.63) is 24.2 Å². The number of hydrogen-bond donors (Lipinski definition) is 2. The number of halogens is 1. The van der Waals surface area contributed by atoms with Crippen LogP contribution in [0, 0.1) is 0 Å². The normalized spacial score (nSPS) is 18.3. The maximum absolute atomic E-state index is 5.32. The number of hydrogen-bond acceptors (Lipinski definition) is 4. The van der Waals surface area contributed by atoms with Crippen LogP contribution in [0.3, 0.4) is 0 Å². The van der Waals surface area contributed by atoms with Crippen LogP contribution < -0.4 is 10.6 Å². The fourth-order valence-corrected chi connectivity index (χ4v) is 2.54. The number of nitrogens with zero attached hydrogens (tertiary/aromatic N) is 3. The van der Waals surface area contributed by atoms with E-state index in [4.69, 9.17) is 4.42 Å². The minimum Gasteiger partial charge on any atom is -0.467 e. The molecule has 1 saturated heterocycles. The SMILES string of the molecule is CCNC(=NCc1ccco1)NCC(C)N1CCN(C)CC1.I. The molecule has 0 spiro atoms. The summed E-state index contributed by atoms with van der Waals surface area (Å²) in [5.41, 5.74) is 0. The van der Waals surface area contributed by atoms with Crippen molar-refractivity contribution in [3.63, 3.8) is 0 Å². The van der Waals surface area contributed by atoms with Gasteiger partial charge in [0.2, 0.25) is 0 Å². The largest absolute Gasteiger partial charge is 0.467 e. The summed E-state index contributed by atoms with van der Waals surface area (Å²) in [6.45, 7) is 11.2. The van der Waals surface area contributed by atoms with Gasteiger partial charge in [-0.15, -0.1) is 24.0 Å². The zero-order valence-corrected chi connectivity index (χ0v) is 16.7. The van der Waals surface area contributed by atoms with Crippen LogP contribution in [-0.2, 0) is 6.54 Å². The third-order valence-corrected chi connectivity index (χ3v) is 4.04. The second-order valence-electron chi connectivity index (χ2n) is 5.84. The molecule has 0 saturated carbocycles. The quantitative estimate of drug-likeness (QED) is 0.404. The smallest absolute Gasteiger partial charge is 0.191 e. The summed E-state index contributed by atoms with van der Waals surface area (Å²) in [7, 11) is 2.19. The van der Waals surface area contributed by atoms with Gasteiger partial charge in [0.1, 0.15) is 12.3 Å². The van der Waals surface area contributed by atoms with Crippen LogP contribution in [0.2, 0.25) is 0 Å². The zero-order valence-electron chi connectivity index (χ0n) is 14.4. The van der Waals surface area contributed by atoms with Crippen molar-refractivity contribution >= 4 is 29.9 Å². The van der Waals surface area contributed by atoms with Gasteiger partial charge in [-0.05, 0) is 33.0 Å². The Kier molecular flexibility index (Phi) is 9.57. The molecule has 1 aliphatic rings. The standard InChI is InChI=1S/C16H29N5O.HI/c1-4-17-16(19-13-15-6-5-11-22-15)18-12-14(2)21-9-7-20(3)8-10-21;/h5-6,11,14H,4,7-10,12-13H2,1-3H3,(H2,17,18,19);1H. The first-order valence-electron chi connectivity index (χ1n) is 8.16. The molecule has 1 aromatic heterocycles. The summed E-state index contributed by atoms with van der Waals surface area (Å²) >= 11 is 0. The Hall–Kier alpha value is -0.800. The molecule has 7 heteroatoms. The maximum atomic E-state index is 5.32. The number of guanidine groups is 1. The lowest BCUT2D eigenvalue weighted by Gasteiger charge is -2.36. The van der Waals surface area contributed by atoms with Crippen LogP contribution in [0.5, 0.6) is 0 Å². The molecule has 1 aromatic rings. The summed E-state index contributed by atoms with van der Waals surface area (Å²) in [4.78, 5) is 9.47. The summed E-state index contributed by atoms with van der Waals surface area (Å²) in [6, 6.07) is 4.33. The number of furan rings is 1. The van der Waals surface area contributed by atoms with Crippen molar-refractivity contribution in [2.45, 2.75) is 26.4 Å². The second kappa shape index (κ2) is 10.9. The molecule has 23 heavy (non-hydrogen) atoms. The van der Waals surface area contributed by atoms with E-state index in [1.165, 1.54) is 0 Å². The first-order valence-corrected chi connectivity index (χ1v) is 8.16. The van der Waals surface area contributed by atoms with E-state index in [9.17, 15) is 0 Å². The molecule has 1 unspecified atom stereocenters. The van der Waals surface area contributed by atoms with Crippen LogP contribution in [0.25, 0.3) is 0 Å². The van der Waals surface area contributed by atoms with Gasteiger partial charge in [-0.3, -0.25) is 4.90 Å². The van der Waals surface area contributed by atoms with Crippen molar-refractivity contribution in [2.75, 3.05) is 46.3 Å². The van der Waals surface area contributed by atoms with E-state index in [-0.39, 0.29) is 24.0 Å². The molecule has 2 rings (SSSR count). The minimum atomic E-state index is 0. The molecule has 0 radical (unpaired) electrons. The van der Waals surface area contributed by atoms with Gasteiger partial charge in [-0.1, -0.05) is 0 Å². The molecule has 132 valence electrons. The monoisotopic (exact) mass is 435 g/mol. The third-order valence-electron chi connectivity index (χ3n) is 4.04. The van der Waals surface area contributed by atoms with E-state index >= 15 is 0 Å². The Morgan fingerprint density at radius 1 is 1.30 bits per heavy atom. The molecule has 1 atom stereocenters. The highest BCUT2D eigenvalue weighted by Gasteiger charge is 2.18. The highest BCUT2D eigenvalue weighted by molar-refractivity contribution is 14.0. The number of likely N-dealkylation sites (N-methyl/N-ethyl adjacent to an activating group) is 1. The van der Waals surface area contributed by atoms with Gasteiger partial charge in [0.25, 0.3) is 0 Å². The maximum Gasteiger partial charge on any atom is 0.191 e. The van der Waals surface area contributed by atoms with Crippen molar-refractivity contribution in [1.29, 1.82) is 0 Å². The van der Waals surface area contributed by atoms with Gasteiger partial charge in [-0.25, -0.2) is 4.99 Å². The van der Waals surface area contributed by atoms with Gasteiger partial charge in [0.15, 0.2) is 5.96 Å². The minimum absolute atomic E-state index is 0. The summed E-state index contributed by atoms with van der Waals surface area (Å²) in [5.74, 6) is 1.73. The Labute approximate surface area is 156 Å². The molecule has 2 heterocycles. The number of nitrogens with one attached hydrogen (secondary N) is 2. The van der Waals surface area contributed by atoms with Gasteiger partial charge in [-0.2, -0.15) is 0 Å². The zero-order chi connectivity index (χ0) is 15.8. The van der Waals surface area contributed by atoms with E-state index in [0.717, 1.165) is 51.0 Å². The second-order valence-corrected chi connectivity index (χ2v) is 5.84. The van der Waals surface area contributed by atoms with E-state index in [1.807, 2.05) is 12.1 Å². The Morgan fingerprint density at radius 2 is 2.04 bits per heavy atom. The molecule has 6 nitrogen and oxygen atoms in total. The number of aliphatic imine (C=N–C) groups is 1. The third kappa shape index (κ3) is 7.09. The molecule has 0 aliphatic carbocycles. The molecule has 1 fully saturated rings. The highest BCUT2D eigenvalue weighted by atomic mass is 127. The first-order chi connectivity index (χ1) is 10.7. The molecule has 0 bridgehead atoms. The summed E-state index contributed by atoms with van der Waals surface area (Å²) < 4.78 is 5.32. The van der Waals surface area contributed by atoms with Gasteiger partial charge < -0.3 is 20.0 Å². The van der Waals surface area contributed by atoms with Crippen LogP contribution in [0.4, 0.5) is 0 Å². The lowest BCUT2D eigenvalue weighted by molar-refractivity contribution is 0.120. The Balaban J connectivity index is 0.00000264. The molecular formula is C16H30IN5O. The molecule has 1 aliphatic heterocycles. The molecular weight excluding hydrogens is 405 g/mol. The Morgan fingerprint density at radius 3 is 2.65 bits per heavy atom. The van der Waals surface area contributed by atoms with Crippen LogP contribution in [0.1, 0.15) is 19.6 Å². The van der Waals surface area contributed by atoms with Gasteiger partial charge in [0, 0.05) is 45.3 Å². The van der Waals surface area contributed by atoms with E-state index < -0.39 is 0 Å². The first kappa shape index (κ1) is 20.2. The van der Waals surface area contributed by atoms with E-state index in [0.29, 0.717) is 12.6 Å². The predicted octanol–water partition coefficient (Wildman–Crippen LogP) is 1.59. The van der Waals surface area contributed by atoms with Crippen molar-refractivity contribution in [2.24, 2.45) is 4.99 Å². The van der Waals surface area contributed by atoms with Gasteiger partial charge in [0.05, 0.1) is 6.26 Å². The van der Waals surface area contributed by atoms with Crippen molar-refractivity contribution in [3.8, 4) is 0 Å². The fourth-order valence-electron chi connectivity index (χ4n) is 2.54. The number of piperazine rings is 1.